The average Bonchev–Trinajstić information content (AvgIpc) is 2.74. The van der Waals surface area contributed by atoms with Crippen LogP contribution in [0.4, 0.5) is 11.4 Å². The predicted octanol–water partition coefficient (Wildman–Crippen LogP) is 4.26. The van der Waals surface area contributed by atoms with Gasteiger partial charge in [0.1, 0.15) is 23.8 Å². The van der Waals surface area contributed by atoms with Gasteiger partial charge in [-0.05, 0) is 61.4 Å². The molecule has 3 rings (SSSR count). The van der Waals surface area contributed by atoms with Gasteiger partial charge >= 0.3 is 0 Å². The lowest BCUT2D eigenvalue weighted by Crippen LogP contribution is -2.28. The van der Waals surface area contributed by atoms with Crippen LogP contribution in [0.25, 0.3) is 0 Å². The first-order valence-corrected chi connectivity index (χ1v) is 9.41. The summed E-state index contributed by atoms with van der Waals surface area (Å²) in [6.45, 7) is 4.86. The normalized spacial score (nSPS) is 10.3. The number of aromatic nitrogens is 1. The second kappa shape index (κ2) is 9.59. The number of benzene rings is 2. The van der Waals surface area contributed by atoms with Gasteiger partial charge in [0.15, 0.2) is 0 Å². The molecule has 0 atom stereocenters. The highest BCUT2D eigenvalue weighted by atomic mass is 16.5. The SMILES string of the molecule is COc1ccc(OCCNC(=O)c2ccc(Nc3c(C)cccc3C)cn2)cc1. The fourth-order valence-corrected chi connectivity index (χ4v) is 2.85. The minimum atomic E-state index is -0.234. The van der Waals surface area contributed by atoms with Gasteiger partial charge in [0.25, 0.3) is 5.91 Å². The van der Waals surface area contributed by atoms with Gasteiger partial charge in [-0.15, -0.1) is 0 Å². The molecule has 6 nitrogen and oxygen atoms in total. The van der Waals surface area contributed by atoms with E-state index in [1.807, 2.05) is 36.4 Å². The fraction of sp³-hybridized carbons (Fsp3) is 0.217. The molecule has 0 bridgehead atoms. The molecule has 1 amide bonds. The molecule has 150 valence electrons. The van der Waals surface area contributed by atoms with E-state index in [9.17, 15) is 4.79 Å². The third-order valence-corrected chi connectivity index (χ3v) is 4.46. The van der Waals surface area contributed by atoms with Crippen molar-refractivity contribution in [3.8, 4) is 11.5 Å². The largest absolute Gasteiger partial charge is 0.497 e. The second-order valence-corrected chi connectivity index (χ2v) is 6.60. The van der Waals surface area contributed by atoms with Gasteiger partial charge < -0.3 is 20.1 Å². The number of amides is 1. The van der Waals surface area contributed by atoms with E-state index in [-0.39, 0.29) is 5.91 Å². The minimum Gasteiger partial charge on any atom is -0.497 e. The van der Waals surface area contributed by atoms with E-state index >= 15 is 0 Å². The molecule has 0 spiro atoms. The van der Waals surface area contributed by atoms with E-state index in [1.54, 1.807) is 19.4 Å². The standard InChI is InChI=1S/C23H25N3O3/c1-16-5-4-6-17(2)22(16)26-18-7-12-21(25-15-18)23(27)24-13-14-29-20-10-8-19(28-3)9-11-20/h4-12,15,26H,13-14H2,1-3H3,(H,24,27). The van der Waals surface area contributed by atoms with E-state index in [4.69, 9.17) is 9.47 Å². The maximum absolute atomic E-state index is 12.3. The zero-order valence-electron chi connectivity index (χ0n) is 16.9. The lowest BCUT2D eigenvalue weighted by Gasteiger charge is -2.12. The number of carbonyl (C=O) groups is 1. The first-order chi connectivity index (χ1) is 14.1. The van der Waals surface area contributed by atoms with Gasteiger partial charge in [0.05, 0.1) is 25.5 Å². The lowest BCUT2D eigenvalue weighted by molar-refractivity contribution is 0.0942. The summed E-state index contributed by atoms with van der Waals surface area (Å²) in [5.74, 6) is 1.26. The molecule has 0 unspecified atom stereocenters. The van der Waals surface area contributed by atoms with Crippen LogP contribution in [0.15, 0.2) is 60.8 Å². The Morgan fingerprint density at radius 3 is 2.28 bits per heavy atom. The molecule has 0 saturated carbocycles. The van der Waals surface area contributed by atoms with E-state index in [2.05, 4.69) is 41.6 Å². The average molecular weight is 391 g/mol. The first-order valence-electron chi connectivity index (χ1n) is 9.41. The molecule has 0 fully saturated rings. The number of nitrogens with one attached hydrogen (secondary N) is 2. The number of carbonyl (C=O) groups excluding carboxylic acids is 1. The summed E-state index contributed by atoms with van der Waals surface area (Å²) >= 11 is 0. The van der Waals surface area contributed by atoms with E-state index in [0.717, 1.165) is 34.0 Å². The third kappa shape index (κ3) is 5.48. The number of aryl methyl sites for hydroxylation is 2. The number of hydrogen-bond donors (Lipinski definition) is 2. The Kier molecular flexibility index (Phi) is 6.68. The number of ether oxygens (including phenoxy) is 2. The number of anilines is 2. The monoisotopic (exact) mass is 391 g/mol. The summed E-state index contributed by atoms with van der Waals surface area (Å²) in [6, 6.07) is 17.0. The smallest absolute Gasteiger partial charge is 0.269 e. The first kappa shape index (κ1) is 20.2. The molecule has 6 heteroatoms. The van der Waals surface area contributed by atoms with Crippen molar-refractivity contribution in [1.82, 2.24) is 10.3 Å². The summed E-state index contributed by atoms with van der Waals surface area (Å²) in [5, 5.41) is 6.17. The van der Waals surface area contributed by atoms with Crippen LogP contribution in [0.5, 0.6) is 11.5 Å². The Morgan fingerprint density at radius 1 is 0.966 bits per heavy atom. The maximum atomic E-state index is 12.3. The van der Waals surface area contributed by atoms with Crippen molar-refractivity contribution >= 4 is 17.3 Å². The Hall–Kier alpha value is -3.54. The summed E-state index contributed by atoms with van der Waals surface area (Å²) in [6.07, 6.45) is 1.66. The highest BCUT2D eigenvalue weighted by Crippen LogP contribution is 2.23. The number of pyridine rings is 1. The van der Waals surface area contributed by atoms with Crippen LogP contribution in [0, 0.1) is 13.8 Å². The summed E-state index contributed by atoms with van der Waals surface area (Å²) < 4.78 is 10.7. The third-order valence-electron chi connectivity index (χ3n) is 4.46. The molecule has 0 radical (unpaired) electrons. The lowest BCUT2D eigenvalue weighted by atomic mass is 10.1. The van der Waals surface area contributed by atoms with Gasteiger partial charge in [-0.3, -0.25) is 4.79 Å². The van der Waals surface area contributed by atoms with Crippen molar-refractivity contribution in [2.45, 2.75) is 13.8 Å². The van der Waals surface area contributed by atoms with Gasteiger partial charge in [-0.2, -0.15) is 0 Å². The number of nitrogens with zero attached hydrogens (tertiary/aromatic N) is 1. The van der Waals surface area contributed by atoms with E-state index in [1.165, 1.54) is 0 Å². The van der Waals surface area contributed by atoms with Gasteiger partial charge in [-0.1, -0.05) is 18.2 Å². The number of rotatable bonds is 8. The number of methoxy groups -OCH3 is 1. The van der Waals surface area contributed by atoms with Crippen LogP contribution in [0.1, 0.15) is 21.6 Å². The summed E-state index contributed by atoms with van der Waals surface area (Å²) in [5.41, 5.74) is 4.57. The predicted molar refractivity (Wildman–Crippen MR) is 114 cm³/mol. The van der Waals surface area contributed by atoms with Gasteiger partial charge in [0.2, 0.25) is 0 Å². The minimum absolute atomic E-state index is 0.234. The van der Waals surface area contributed by atoms with Crippen molar-refractivity contribution < 1.29 is 14.3 Å². The molecule has 2 aromatic carbocycles. The molecule has 1 aromatic heterocycles. The molecular formula is C23H25N3O3. The molecule has 0 aliphatic carbocycles. The molecule has 2 N–H and O–H groups in total. The van der Waals surface area contributed by atoms with Crippen LogP contribution < -0.4 is 20.1 Å². The van der Waals surface area contributed by atoms with E-state index < -0.39 is 0 Å². The molecule has 0 aliphatic heterocycles. The van der Waals surface area contributed by atoms with Crippen molar-refractivity contribution in [3.05, 3.63) is 77.6 Å². The van der Waals surface area contributed by atoms with Crippen LogP contribution >= 0.6 is 0 Å². The van der Waals surface area contributed by atoms with Crippen molar-refractivity contribution in [2.24, 2.45) is 0 Å². The van der Waals surface area contributed by atoms with E-state index in [0.29, 0.717) is 18.8 Å². The summed E-state index contributed by atoms with van der Waals surface area (Å²) in [4.78, 5) is 16.5. The molecule has 29 heavy (non-hydrogen) atoms. The van der Waals surface area contributed by atoms with Crippen molar-refractivity contribution in [1.29, 1.82) is 0 Å². The molecule has 0 aliphatic rings. The topological polar surface area (TPSA) is 72.5 Å². The molecule has 3 aromatic rings. The van der Waals surface area contributed by atoms with Crippen LogP contribution in [-0.2, 0) is 0 Å². The van der Waals surface area contributed by atoms with Crippen LogP contribution in [0.3, 0.4) is 0 Å². The fourth-order valence-electron chi connectivity index (χ4n) is 2.85. The Bertz CT molecular complexity index is 934. The second-order valence-electron chi connectivity index (χ2n) is 6.60. The van der Waals surface area contributed by atoms with Crippen molar-refractivity contribution in [3.63, 3.8) is 0 Å². The molecule has 1 heterocycles. The zero-order valence-corrected chi connectivity index (χ0v) is 16.9. The van der Waals surface area contributed by atoms with Crippen molar-refractivity contribution in [2.75, 3.05) is 25.6 Å². The van der Waals surface area contributed by atoms with Gasteiger partial charge in [-0.25, -0.2) is 4.98 Å². The zero-order chi connectivity index (χ0) is 20.6. The van der Waals surface area contributed by atoms with Crippen LogP contribution in [-0.4, -0.2) is 31.2 Å². The Labute approximate surface area is 170 Å². The highest BCUT2D eigenvalue weighted by Gasteiger charge is 2.08. The highest BCUT2D eigenvalue weighted by molar-refractivity contribution is 5.92. The summed E-state index contributed by atoms with van der Waals surface area (Å²) in [7, 11) is 1.62. The maximum Gasteiger partial charge on any atom is 0.269 e. The number of para-hydroxylation sites is 1. The quantitative estimate of drug-likeness (QED) is 0.562. The Morgan fingerprint density at radius 2 is 1.66 bits per heavy atom. The molecular weight excluding hydrogens is 366 g/mol. The van der Waals surface area contributed by atoms with Crippen LogP contribution in [0.2, 0.25) is 0 Å². The molecule has 0 saturated heterocycles. The Balaban J connectivity index is 1.48. The van der Waals surface area contributed by atoms with Gasteiger partial charge in [0, 0.05) is 5.69 Å². The number of hydrogen-bond acceptors (Lipinski definition) is 5.